The van der Waals surface area contributed by atoms with Crippen LogP contribution in [0.5, 0.6) is 0 Å². The Kier molecular flexibility index (Phi) is 7.81. The van der Waals surface area contributed by atoms with Crippen molar-refractivity contribution >= 4 is 55.4 Å². The van der Waals surface area contributed by atoms with Crippen LogP contribution in [0.25, 0.3) is 21.5 Å². The summed E-state index contributed by atoms with van der Waals surface area (Å²) < 4.78 is 27.4. The molecule has 0 saturated carbocycles. The monoisotopic (exact) mass is 596 g/mol. The molecule has 3 aromatic rings. The number of carbonyl (C=O) groups is 2. The maximum absolute atomic E-state index is 13.6. The van der Waals surface area contributed by atoms with E-state index in [9.17, 15) is 18.0 Å². The molecule has 216 valence electrons. The minimum atomic E-state index is -3.84. The summed E-state index contributed by atoms with van der Waals surface area (Å²) in [5.41, 5.74) is 3.54. The number of sulfonamides is 1. The van der Waals surface area contributed by atoms with Gasteiger partial charge in [0.25, 0.3) is 0 Å². The van der Waals surface area contributed by atoms with Crippen LogP contribution in [-0.2, 0) is 14.8 Å². The summed E-state index contributed by atoms with van der Waals surface area (Å²) in [6, 6.07) is 9.06. The molecule has 2 aromatic heterocycles. The van der Waals surface area contributed by atoms with Gasteiger partial charge in [0.1, 0.15) is 0 Å². The Balaban J connectivity index is 1.70. The summed E-state index contributed by atoms with van der Waals surface area (Å²) >= 11 is 1.50. The number of nitrogens with one attached hydrogen (secondary N) is 4. The second-order valence-electron chi connectivity index (χ2n) is 10.2. The van der Waals surface area contributed by atoms with E-state index in [0.29, 0.717) is 25.2 Å². The summed E-state index contributed by atoms with van der Waals surface area (Å²) in [4.78, 5) is 42.6. The standard InChI is InChI=1S/C27H32N8O4S2/c1-4-29-25(37)33-27(22-16-28-12-9-26(22,2)24(36)34-41(3,38)39)32-11-7-13-35(27)18-14-19(20-8-5-6-10-30-20)23-21(15-18)31-17-40-23/h5-8,10-11,13-15,17,22,28H,4,9,12,16H2,1-3H3,(H,34,36)(H2,29,33,37). The van der Waals surface area contributed by atoms with E-state index in [1.807, 2.05) is 35.2 Å². The van der Waals surface area contributed by atoms with Crippen LogP contribution < -0.4 is 25.6 Å². The molecular formula is C27H32N8O4S2. The van der Waals surface area contributed by atoms with Crippen molar-refractivity contribution < 1.29 is 18.0 Å². The molecule has 2 aliphatic heterocycles. The Hall–Kier alpha value is -3.88. The van der Waals surface area contributed by atoms with E-state index in [2.05, 4.69) is 30.6 Å². The third-order valence-electron chi connectivity index (χ3n) is 7.45. The van der Waals surface area contributed by atoms with Crippen molar-refractivity contribution in [1.29, 1.82) is 0 Å². The van der Waals surface area contributed by atoms with Gasteiger partial charge in [-0.15, -0.1) is 11.3 Å². The van der Waals surface area contributed by atoms with Crippen LogP contribution in [-0.4, -0.2) is 68.2 Å². The number of amides is 3. The molecule has 3 amide bonds. The number of pyridine rings is 1. The fraction of sp³-hybridized carbons (Fsp3) is 0.370. The zero-order chi connectivity index (χ0) is 29.3. The summed E-state index contributed by atoms with van der Waals surface area (Å²) in [5.74, 6) is -2.88. The second kappa shape index (κ2) is 11.2. The largest absolute Gasteiger partial charge is 0.338 e. The summed E-state index contributed by atoms with van der Waals surface area (Å²) in [6.07, 6.45) is 8.10. The van der Waals surface area contributed by atoms with E-state index in [4.69, 9.17) is 4.99 Å². The predicted molar refractivity (Wildman–Crippen MR) is 160 cm³/mol. The maximum atomic E-state index is 13.6. The van der Waals surface area contributed by atoms with Gasteiger partial charge >= 0.3 is 6.03 Å². The molecule has 1 saturated heterocycles. The molecule has 41 heavy (non-hydrogen) atoms. The number of piperidine rings is 1. The SMILES string of the molecule is CCNC(=O)NC1(C2CNCCC2(C)C(=O)NS(C)(=O)=O)N=CC=CN1c1cc(-c2ccccn2)c2scnc2c1. The summed E-state index contributed by atoms with van der Waals surface area (Å²) in [5, 5.41) is 9.15. The van der Waals surface area contributed by atoms with E-state index in [1.165, 1.54) is 11.3 Å². The fourth-order valence-corrected chi connectivity index (χ4v) is 6.86. The second-order valence-corrected chi connectivity index (χ2v) is 12.8. The van der Waals surface area contributed by atoms with Gasteiger partial charge in [-0.2, -0.15) is 0 Å². The average molecular weight is 597 g/mol. The number of hydrogen-bond acceptors (Lipinski definition) is 10. The van der Waals surface area contributed by atoms with Crippen molar-refractivity contribution in [3.8, 4) is 11.3 Å². The van der Waals surface area contributed by atoms with Crippen LogP contribution in [0.15, 0.2) is 59.3 Å². The number of urea groups is 1. The first-order chi connectivity index (χ1) is 19.6. The number of anilines is 1. The molecule has 2 aliphatic rings. The summed E-state index contributed by atoms with van der Waals surface area (Å²) in [7, 11) is -3.84. The highest BCUT2D eigenvalue weighted by molar-refractivity contribution is 7.89. The van der Waals surface area contributed by atoms with E-state index in [-0.39, 0.29) is 6.54 Å². The smallest absolute Gasteiger partial charge is 0.318 e. The predicted octanol–water partition coefficient (Wildman–Crippen LogP) is 2.43. The van der Waals surface area contributed by atoms with Gasteiger partial charge in [-0.05, 0) is 50.2 Å². The van der Waals surface area contributed by atoms with Crippen LogP contribution in [0.1, 0.15) is 20.3 Å². The normalized spacial score (nSPS) is 24.3. The Morgan fingerprint density at radius 3 is 2.80 bits per heavy atom. The summed E-state index contributed by atoms with van der Waals surface area (Å²) in [6.45, 7) is 4.64. The van der Waals surface area contributed by atoms with Gasteiger partial charge in [-0.25, -0.2) is 23.2 Å². The van der Waals surface area contributed by atoms with Crippen molar-refractivity contribution in [3.05, 3.63) is 54.3 Å². The Labute approximate surface area is 242 Å². The van der Waals surface area contributed by atoms with E-state index in [0.717, 1.165) is 27.7 Å². The lowest BCUT2D eigenvalue weighted by molar-refractivity contribution is -0.135. The Morgan fingerprint density at radius 2 is 2.07 bits per heavy atom. The van der Waals surface area contributed by atoms with Gasteiger partial charge in [-0.3, -0.25) is 19.8 Å². The number of fused-ring (bicyclic) bond motifs is 1. The minimum absolute atomic E-state index is 0.272. The quantitative estimate of drug-likeness (QED) is 0.324. The van der Waals surface area contributed by atoms with Crippen molar-refractivity contribution in [1.82, 2.24) is 30.6 Å². The van der Waals surface area contributed by atoms with Gasteiger partial charge < -0.3 is 15.5 Å². The van der Waals surface area contributed by atoms with E-state index in [1.54, 1.807) is 44.0 Å². The highest BCUT2D eigenvalue weighted by atomic mass is 32.2. The molecule has 0 bridgehead atoms. The number of allylic oxidation sites excluding steroid dienone is 1. The molecule has 14 heteroatoms. The molecule has 4 N–H and O–H groups in total. The highest BCUT2D eigenvalue weighted by Crippen LogP contribution is 2.46. The molecule has 0 spiro atoms. The molecule has 5 rings (SSSR count). The number of thiazole rings is 1. The number of nitrogens with zero attached hydrogens (tertiary/aromatic N) is 4. The number of carbonyl (C=O) groups excluding carboxylic acids is 2. The number of rotatable bonds is 7. The first-order valence-corrected chi connectivity index (χ1v) is 15.9. The molecule has 3 unspecified atom stereocenters. The minimum Gasteiger partial charge on any atom is -0.338 e. The molecule has 1 aromatic carbocycles. The Morgan fingerprint density at radius 1 is 1.24 bits per heavy atom. The van der Waals surface area contributed by atoms with Crippen molar-refractivity contribution in [2.45, 2.75) is 26.1 Å². The number of aliphatic imine (C=N–C) groups is 1. The maximum Gasteiger partial charge on any atom is 0.318 e. The lowest BCUT2D eigenvalue weighted by atomic mass is 9.67. The third-order valence-corrected chi connectivity index (χ3v) is 8.88. The van der Waals surface area contributed by atoms with Crippen molar-refractivity contribution in [2.24, 2.45) is 16.3 Å². The van der Waals surface area contributed by atoms with Gasteiger partial charge in [-0.1, -0.05) is 13.0 Å². The lowest BCUT2D eigenvalue weighted by Crippen LogP contribution is -2.72. The van der Waals surface area contributed by atoms with Gasteiger partial charge in [0.05, 0.1) is 33.1 Å². The van der Waals surface area contributed by atoms with Crippen molar-refractivity contribution in [3.63, 3.8) is 0 Å². The fourth-order valence-electron chi connectivity index (χ4n) is 5.49. The molecule has 1 fully saturated rings. The van der Waals surface area contributed by atoms with Crippen LogP contribution in [0.3, 0.4) is 0 Å². The third kappa shape index (κ3) is 5.54. The van der Waals surface area contributed by atoms with Crippen molar-refractivity contribution in [2.75, 3.05) is 30.8 Å². The number of benzene rings is 1. The zero-order valence-corrected chi connectivity index (χ0v) is 24.6. The molecule has 0 aliphatic carbocycles. The van der Waals surface area contributed by atoms with Crippen LogP contribution in [0.4, 0.5) is 10.5 Å². The molecule has 4 heterocycles. The Bertz CT molecular complexity index is 1620. The van der Waals surface area contributed by atoms with Crippen LogP contribution >= 0.6 is 11.3 Å². The lowest BCUT2D eigenvalue weighted by Gasteiger charge is -2.53. The molecule has 3 atom stereocenters. The van der Waals surface area contributed by atoms with Gasteiger partial charge in [0, 0.05) is 48.9 Å². The van der Waals surface area contributed by atoms with Gasteiger partial charge in [0.2, 0.25) is 21.7 Å². The first-order valence-electron chi connectivity index (χ1n) is 13.2. The average Bonchev–Trinajstić information content (AvgIpc) is 3.41. The van der Waals surface area contributed by atoms with E-state index < -0.39 is 39.1 Å². The first kappa shape index (κ1) is 28.6. The van der Waals surface area contributed by atoms with Crippen LogP contribution in [0.2, 0.25) is 0 Å². The van der Waals surface area contributed by atoms with Gasteiger partial charge in [0.15, 0.2) is 0 Å². The van der Waals surface area contributed by atoms with E-state index >= 15 is 0 Å². The molecule has 12 nitrogen and oxygen atoms in total. The topological polar surface area (TPSA) is 158 Å². The highest BCUT2D eigenvalue weighted by Gasteiger charge is 2.58. The zero-order valence-electron chi connectivity index (χ0n) is 22.9. The molecular weight excluding hydrogens is 564 g/mol. The molecule has 0 radical (unpaired) electrons. The number of aromatic nitrogens is 2. The number of hydrogen-bond donors (Lipinski definition) is 4. The van der Waals surface area contributed by atoms with Crippen LogP contribution in [0, 0.1) is 11.3 Å².